The Morgan fingerprint density at radius 3 is 2.80 bits per heavy atom. The topological polar surface area (TPSA) is 49.4 Å². The molecule has 2 rings (SSSR count). The number of likely N-dealkylation sites (N-methyl/N-ethyl adjacent to an activating group) is 1. The summed E-state index contributed by atoms with van der Waals surface area (Å²) in [5, 5.41) is 3.10. The van der Waals surface area contributed by atoms with Crippen molar-refractivity contribution in [1.82, 2.24) is 9.62 Å². The number of nitrogens with one attached hydrogen (secondary N) is 1. The molecule has 1 atom stereocenters. The highest BCUT2D eigenvalue weighted by atomic mass is 79.9. The van der Waals surface area contributed by atoms with Gasteiger partial charge in [0.15, 0.2) is 0 Å². The van der Waals surface area contributed by atoms with Crippen LogP contribution in [-0.4, -0.2) is 38.9 Å². The number of benzene rings is 1. The van der Waals surface area contributed by atoms with Crippen LogP contribution in [0.25, 0.3) is 0 Å². The molecule has 1 aliphatic rings. The molecule has 1 saturated heterocycles. The molecule has 1 heterocycles. The summed E-state index contributed by atoms with van der Waals surface area (Å²) in [4.78, 5) is 0.367. The van der Waals surface area contributed by atoms with E-state index in [1.165, 1.54) is 0 Å². The second kappa shape index (κ2) is 6.56. The Labute approximate surface area is 129 Å². The molecular weight excluding hydrogens is 340 g/mol. The van der Waals surface area contributed by atoms with Crippen molar-refractivity contribution in [3.8, 4) is 0 Å². The number of rotatable bonds is 4. The summed E-state index contributed by atoms with van der Waals surface area (Å²) in [5.41, 5.74) is 1.04. The standard InChI is InChI=1S/C14H21BrN2O2S/c1-11-6-7-14(13(15)9-11)20(18,19)17-8-4-3-5-12(17)10-16-2/h6-7,9,12,16H,3-5,8,10H2,1-2H3. The van der Waals surface area contributed by atoms with Crippen LogP contribution >= 0.6 is 15.9 Å². The Bertz CT molecular complexity index is 573. The van der Waals surface area contributed by atoms with Crippen molar-refractivity contribution in [1.29, 1.82) is 0 Å². The van der Waals surface area contributed by atoms with Gasteiger partial charge in [0.25, 0.3) is 0 Å². The summed E-state index contributed by atoms with van der Waals surface area (Å²) in [7, 11) is -1.57. The number of piperidine rings is 1. The minimum atomic E-state index is -3.43. The number of sulfonamides is 1. The lowest BCUT2D eigenvalue weighted by molar-refractivity contribution is 0.249. The molecule has 0 bridgehead atoms. The van der Waals surface area contributed by atoms with Gasteiger partial charge in [-0.1, -0.05) is 12.5 Å². The third-order valence-electron chi connectivity index (χ3n) is 3.69. The third kappa shape index (κ3) is 3.24. The summed E-state index contributed by atoms with van der Waals surface area (Å²) < 4.78 is 28.0. The normalized spacial score (nSPS) is 21.1. The van der Waals surface area contributed by atoms with E-state index in [4.69, 9.17) is 0 Å². The average molecular weight is 361 g/mol. The van der Waals surface area contributed by atoms with Crippen molar-refractivity contribution in [2.24, 2.45) is 0 Å². The van der Waals surface area contributed by atoms with Gasteiger partial charge in [0.05, 0.1) is 4.90 Å². The van der Waals surface area contributed by atoms with E-state index >= 15 is 0 Å². The van der Waals surface area contributed by atoms with Gasteiger partial charge in [-0.25, -0.2) is 8.42 Å². The largest absolute Gasteiger partial charge is 0.318 e. The fourth-order valence-corrected chi connectivity index (χ4v) is 5.52. The maximum absolute atomic E-state index is 12.9. The third-order valence-corrected chi connectivity index (χ3v) is 6.62. The highest BCUT2D eigenvalue weighted by Crippen LogP contribution is 2.30. The molecule has 1 aromatic rings. The predicted molar refractivity (Wildman–Crippen MR) is 84.3 cm³/mol. The fourth-order valence-electron chi connectivity index (χ4n) is 2.67. The number of hydrogen-bond donors (Lipinski definition) is 1. The van der Waals surface area contributed by atoms with E-state index in [2.05, 4.69) is 21.2 Å². The molecule has 0 amide bonds. The molecule has 0 aromatic heterocycles. The van der Waals surface area contributed by atoms with Crippen LogP contribution in [0, 0.1) is 6.92 Å². The SMILES string of the molecule is CNCC1CCCCN1S(=O)(=O)c1ccc(C)cc1Br. The minimum absolute atomic E-state index is 0.0481. The van der Waals surface area contributed by atoms with Crippen LogP contribution in [-0.2, 0) is 10.0 Å². The van der Waals surface area contributed by atoms with Crippen molar-refractivity contribution < 1.29 is 8.42 Å². The molecule has 0 spiro atoms. The molecule has 20 heavy (non-hydrogen) atoms. The number of halogens is 1. The lowest BCUT2D eigenvalue weighted by Crippen LogP contribution is -2.47. The van der Waals surface area contributed by atoms with Gasteiger partial charge in [0.2, 0.25) is 10.0 Å². The molecule has 0 aliphatic carbocycles. The van der Waals surface area contributed by atoms with Gasteiger partial charge in [-0.3, -0.25) is 0 Å². The number of hydrogen-bond acceptors (Lipinski definition) is 3. The first-order valence-corrected chi connectivity index (χ1v) is 9.12. The lowest BCUT2D eigenvalue weighted by Gasteiger charge is -2.34. The Morgan fingerprint density at radius 2 is 2.15 bits per heavy atom. The predicted octanol–water partition coefficient (Wildman–Crippen LogP) is 2.52. The zero-order valence-electron chi connectivity index (χ0n) is 11.9. The fraction of sp³-hybridized carbons (Fsp3) is 0.571. The van der Waals surface area contributed by atoms with Crippen molar-refractivity contribution in [2.75, 3.05) is 20.1 Å². The van der Waals surface area contributed by atoms with Crippen LogP contribution in [0.2, 0.25) is 0 Å². The first kappa shape index (κ1) is 15.9. The van der Waals surface area contributed by atoms with Crippen LogP contribution in [0.15, 0.2) is 27.6 Å². The molecule has 4 nitrogen and oxygen atoms in total. The van der Waals surface area contributed by atoms with Crippen LogP contribution in [0.4, 0.5) is 0 Å². The first-order valence-electron chi connectivity index (χ1n) is 6.89. The molecule has 0 radical (unpaired) electrons. The van der Waals surface area contributed by atoms with E-state index in [-0.39, 0.29) is 6.04 Å². The lowest BCUT2D eigenvalue weighted by atomic mass is 10.1. The maximum atomic E-state index is 12.9. The molecule has 1 aromatic carbocycles. The van der Waals surface area contributed by atoms with Crippen LogP contribution in [0.5, 0.6) is 0 Å². The molecule has 6 heteroatoms. The maximum Gasteiger partial charge on any atom is 0.244 e. The average Bonchev–Trinajstić information content (AvgIpc) is 2.39. The molecular formula is C14H21BrN2O2S. The Morgan fingerprint density at radius 1 is 1.40 bits per heavy atom. The highest BCUT2D eigenvalue weighted by molar-refractivity contribution is 9.10. The van der Waals surface area contributed by atoms with Crippen LogP contribution in [0.3, 0.4) is 0 Å². The highest BCUT2D eigenvalue weighted by Gasteiger charge is 2.34. The summed E-state index contributed by atoms with van der Waals surface area (Å²) in [6.07, 6.45) is 2.94. The monoisotopic (exact) mass is 360 g/mol. The van der Waals surface area contributed by atoms with E-state index in [0.717, 1.165) is 24.8 Å². The summed E-state index contributed by atoms with van der Waals surface area (Å²) in [5.74, 6) is 0. The van der Waals surface area contributed by atoms with Crippen molar-refractivity contribution in [2.45, 2.75) is 37.1 Å². The molecule has 1 aliphatic heterocycles. The van der Waals surface area contributed by atoms with Crippen molar-refractivity contribution in [3.05, 3.63) is 28.2 Å². The Balaban J connectivity index is 2.37. The van der Waals surface area contributed by atoms with Crippen molar-refractivity contribution in [3.63, 3.8) is 0 Å². The summed E-state index contributed by atoms with van der Waals surface area (Å²) in [6.45, 7) is 3.25. The van der Waals surface area contributed by atoms with Gasteiger partial charge in [-0.2, -0.15) is 4.31 Å². The Kier molecular flexibility index (Phi) is 5.23. The van der Waals surface area contributed by atoms with E-state index < -0.39 is 10.0 Å². The number of nitrogens with zero attached hydrogens (tertiary/aromatic N) is 1. The van der Waals surface area contributed by atoms with Gasteiger partial charge >= 0.3 is 0 Å². The summed E-state index contributed by atoms with van der Waals surface area (Å²) >= 11 is 3.39. The molecule has 0 saturated carbocycles. The van der Waals surface area contributed by atoms with E-state index in [9.17, 15) is 8.42 Å². The first-order chi connectivity index (χ1) is 9.46. The van der Waals surface area contributed by atoms with Gasteiger partial charge in [0.1, 0.15) is 0 Å². The quantitative estimate of drug-likeness (QED) is 0.897. The van der Waals surface area contributed by atoms with E-state index in [1.54, 1.807) is 10.4 Å². The van der Waals surface area contributed by atoms with Gasteiger partial charge < -0.3 is 5.32 Å². The number of aryl methyl sites for hydroxylation is 1. The Hall–Kier alpha value is -0.430. The molecule has 1 unspecified atom stereocenters. The van der Waals surface area contributed by atoms with Crippen LogP contribution in [0.1, 0.15) is 24.8 Å². The van der Waals surface area contributed by atoms with Gasteiger partial charge in [-0.05, 0) is 60.4 Å². The minimum Gasteiger partial charge on any atom is -0.318 e. The van der Waals surface area contributed by atoms with E-state index in [1.807, 2.05) is 26.1 Å². The smallest absolute Gasteiger partial charge is 0.244 e. The summed E-state index contributed by atoms with van der Waals surface area (Å²) in [6, 6.07) is 5.44. The van der Waals surface area contributed by atoms with Crippen LogP contribution < -0.4 is 5.32 Å². The molecule has 1 fully saturated rings. The van der Waals surface area contributed by atoms with Gasteiger partial charge in [0, 0.05) is 23.6 Å². The van der Waals surface area contributed by atoms with E-state index in [0.29, 0.717) is 22.5 Å². The zero-order chi connectivity index (χ0) is 14.8. The second-order valence-electron chi connectivity index (χ2n) is 5.26. The second-order valence-corrected chi connectivity index (χ2v) is 7.97. The zero-order valence-corrected chi connectivity index (χ0v) is 14.3. The van der Waals surface area contributed by atoms with Gasteiger partial charge in [-0.15, -0.1) is 0 Å². The molecule has 1 N–H and O–H groups in total. The van der Waals surface area contributed by atoms with Crippen molar-refractivity contribution >= 4 is 26.0 Å². The molecule has 112 valence electrons.